The number of hydrogen-bond donors (Lipinski definition) is 0. The largest absolute Gasteiger partial charge is 0.294 e. The van der Waals surface area contributed by atoms with Gasteiger partial charge in [-0.05, 0) is 24.8 Å². The molecule has 0 unspecified atom stereocenters. The van der Waals surface area contributed by atoms with Gasteiger partial charge in [-0.2, -0.15) is 0 Å². The number of carbonyl (C=O) groups is 1. The summed E-state index contributed by atoms with van der Waals surface area (Å²) in [5.74, 6) is 0.980. The Morgan fingerprint density at radius 2 is 1.85 bits per heavy atom. The molecule has 0 saturated heterocycles. The third-order valence-electron chi connectivity index (χ3n) is 2.14. The lowest BCUT2D eigenvalue weighted by molar-refractivity contribution is -0.118. The van der Waals surface area contributed by atoms with E-state index >= 15 is 0 Å². The van der Waals surface area contributed by atoms with Crippen LogP contribution < -0.4 is 0 Å². The van der Waals surface area contributed by atoms with Crippen molar-refractivity contribution in [1.82, 2.24) is 0 Å². The fourth-order valence-electron chi connectivity index (χ4n) is 1.53. The molecule has 0 heterocycles. The summed E-state index contributed by atoms with van der Waals surface area (Å²) < 4.78 is 0. The van der Waals surface area contributed by atoms with Crippen molar-refractivity contribution in [3.05, 3.63) is 11.6 Å². The zero-order valence-electron chi connectivity index (χ0n) is 9.55. The van der Waals surface area contributed by atoms with Crippen LogP contribution in [0.2, 0.25) is 0 Å². The van der Waals surface area contributed by atoms with Gasteiger partial charge >= 0.3 is 0 Å². The molecule has 0 spiro atoms. The van der Waals surface area contributed by atoms with Crippen molar-refractivity contribution >= 4 is 5.78 Å². The lowest BCUT2D eigenvalue weighted by atomic mass is 9.94. The van der Waals surface area contributed by atoms with Gasteiger partial charge in [0.2, 0.25) is 0 Å². The Morgan fingerprint density at radius 3 is 2.23 bits per heavy atom. The monoisotopic (exact) mass is 182 g/mol. The van der Waals surface area contributed by atoms with Gasteiger partial charge in [-0.1, -0.05) is 40.2 Å². The van der Waals surface area contributed by atoms with E-state index in [1.54, 1.807) is 0 Å². The summed E-state index contributed by atoms with van der Waals surface area (Å²) >= 11 is 0. The van der Waals surface area contributed by atoms with Gasteiger partial charge in [0.25, 0.3) is 0 Å². The summed E-state index contributed by atoms with van der Waals surface area (Å²) in [6.07, 6.45) is 4.14. The molecule has 0 amide bonds. The zero-order chi connectivity index (χ0) is 10.4. The van der Waals surface area contributed by atoms with Crippen molar-refractivity contribution in [2.75, 3.05) is 0 Å². The van der Waals surface area contributed by atoms with Crippen LogP contribution in [0.15, 0.2) is 11.6 Å². The van der Waals surface area contributed by atoms with Gasteiger partial charge in [0.05, 0.1) is 0 Å². The van der Waals surface area contributed by atoms with Crippen LogP contribution in [0.3, 0.4) is 0 Å². The molecule has 0 aliphatic carbocycles. The molecule has 0 radical (unpaired) electrons. The molecule has 0 aromatic rings. The minimum atomic E-state index is 0.194. The second kappa shape index (κ2) is 5.95. The maximum absolute atomic E-state index is 11.7. The Kier molecular flexibility index (Phi) is 5.68. The molecule has 0 bridgehead atoms. The summed E-state index contributed by atoms with van der Waals surface area (Å²) in [7, 11) is 0. The average Bonchev–Trinajstić information content (AvgIpc) is 2.02. The molecular weight excluding hydrogens is 160 g/mol. The second-order valence-corrected chi connectivity index (χ2v) is 4.15. The number of rotatable bonds is 5. The average molecular weight is 182 g/mol. The van der Waals surface area contributed by atoms with Crippen LogP contribution in [0.5, 0.6) is 0 Å². The van der Waals surface area contributed by atoms with Gasteiger partial charge in [-0.15, -0.1) is 0 Å². The molecule has 1 heteroatoms. The number of hydrogen-bond acceptors (Lipinski definition) is 1. The molecule has 0 aliphatic rings. The first-order chi connectivity index (χ1) is 5.99. The molecule has 0 rings (SSSR count). The molecule has 1 atom stereocenters. The van der Waals surface area contributed by atoms with E-state index in [-0.39, 0.29) is 5.92 Å². The first-order valence-electron chi connectivity index (χ1n) is 5.21. The predicted octanol–water partition coefficient (Wildman–Crippen LogP) is 3.59. The van der Waals surface area contributed by atoms with Crippen molar-refractivity contribution in [1.29, 1.82) is 0 Å². The molecule has 0 saturated carbocycles. The normalized spacial score (nSPS) is 14.8. The minimum absolute atomic E-state index is 0.194. The topological polar surface area (TPSA) is 17.1 Å². The first kappa shape index (κ1) is 12.4. The Morgan fingerprint density at radius 1 is 1.31 bits per heavy atom. The molecule has 76 valence electrons. The number of Topliss-reactive ketones (excluding diaryl/α,β-unsaturated/α-hetero) is 1. The van der Waals surface area contributed by atoms with Gasteiger partial charge in [-0.3, -0.25) is 4.79 Å². The van der Waals surface area contributed by atoms with Crippen molar-refractivity contribution in [2.45, 2.75) is 47.5 Å². The van der Waals surface area contributed by atoms with Gasteiger partial charge in [0.15, 0.2) is 5.78 Å². The summed E-state index contributed by atoms with van der Waals surface area (Å²) in [6, 6.07) is 0. The van der Waals surface area contributed by atoms with Crippen LogP contribution in [0.1, 0.15) is 47.5 Å². The molecule has 1 nitrogen and oxygen atoms in total. The standard InChI is InChI=1S/C12H22O/c1-6-7-10(4)12(13)11(5)8-9(2)3/h8-10H,6-7H2,1-5H3/b11-8+/t10-/m0/s1. The fraction of sp³-hybridized carbons (Fsp3) is 0.750. The highest BCUT2D eigenvalue weighted by atomic mass is 16.1. The number of carbonyl (C=O) groups excluding carboxylic acids is 1. The van der Waals surface area contributed by atoms with E-state index in [2.05, 4.69) is 26.8 Å². The Hall–Kier alpha value is -0.590. The highest BCUT2D eigenvalue weighted by Crippen LogP contribution is 2.13. The fourth-order valence-corrected chi connectivity index (χ4v) is 1.53. The van der Waals surface area contributed by atoms with E-state index < -0.39 is 0 Å². The first-order valence-corrected chi connectivity index (χ1v) is 5.21. The lowest BCUT2D eigenvalue weighted by Crippen LogP contribution is -2.12. The van der Waals surface area contributed by atoms with E-state index in [9.17, 15) is 4.79 Å². The highest BCUT2D eigenvalue weighted by Gasteiger charge is 2.13. The van der Waals surface area contributed by atoms with Crippen LogP contribution >= 0.6 is 0 Å². The summed E-state index contributed by atoms with van der Waals surface area (Å²) in [4.78, 5) is 11.7. The third kappa shape index (κ3) is 4.87. The highest BCUT2D eigenvalue weighted by molar-refractivity contribution is 5.96. The number of allylic oxidation sites excluding steroid dienone is 2. The van der Waals surface area contributed by atoms with Crippen molar-refractivity contribution in [2.24, 2.45) is 11.8 Å². The second-order valence-electron chi connectivity index (χ2n) is 4.15. The summed E-state index contributed by atoms with van der Waals surface area (Å²) in [6.45, 7) is 10.3. The van der Waals surface area contributed by atoms with Gasteiger partial charge in [-0.25, -0.2) is 0 Å². The number of ketones is 1. The maximum Gasteiger partial charge on any atom is 0.161 e. The summed E-state index contributed by atoms with van der Waals surface area (Å²) in [5.41, 5.74) is 0.927. The smallest absolute Gasteiger partial charge is 0.161 e. The molecular formula is C12H22O. The molecule has 0 aliphatic heterocycles. The third-order valence-corrected chi connectivity index (χ3v) is 2.14. The Balaban J connectivity index is 4.25. The SMILES string of the molecule is CCC[C@H](C)C(=O)/C(C)=C/C(C)C. The van der Waals surface area contributed by atoms with Crippen molar-refractivity contribution < 1.29 is 4.79 Å². The van der Waals surface area contributed by atoms with E-state index in [1.165, 1.54) is 0 Å². The summed E-state index contributed by atoms with van der Waals surface area (Å²) in [5, 5.41) is 0. The van der Waals surface area contributed by atoms with E-state index in [0.717, 1.165) is 18.4 Å². The van der Waals surface area contributed by atoms with Crippen molar-refractivity contribution in [3.63, 3.8) is 0 Å². The van der Waals surface area contributed by atoms with Crippen LogP contribution in [0.25, 0.3) is 0 Å². The zero-order valence-corrected chi connectivity index (χ0v) is 9.55. The Labute approximate surface area is 82.2 Å². The van der Waals surface area contributed by atoms with Crippen LogP contribution in [-0.2, 0) is 4.79 Å². The van der Waals surface area contributed by atoms with Crippen LogP contribution in [0, 0.1) is 11.8 Å². The molecule has 0 aromatic heterocycles. The minimum Gasteiger partial charge on any atom is -0.294 e. The predicted molar refractivity (Wildman–Crippen MR) is 57.7 cm³/mol. The van der Waals surface area contributed by atoms with Crippen LogP contribution in [0.4, 0.5) is 0 Å². The molecule has 0 fully saturated rings. The quantitative estimate of drug-likeness (QED) is 0.594. The van der Waals surface area contributed by atoms with E-state index in [1.807, 2.05) is 13.8 Å². The van der Waals surface area contributed by atoms with Gasteiger partial charge < -0.3 is 0 Å². The Bertz CT molecular complexity index is 189. The molecule has 13 heavy (non-hydrogen) atoms. The van der Waals surface area contributed by atoms with E-state index in [4.69, 9.17) is 0 Å². The van der Waals surface area contributed by atoms with Crippen LogP contribution in [-0.4, -0.2) is 5.78 Å². The maximum atomic E-state index is 11.7. The van der Waals surface area contributed by atoms with Crippen molar-refractivity contribution in [3.8, 4) is 0 Å². The molecule has 0 N–H and O–H groups in total. The van der Waals surface area contributed by atoms with Gasteiger partial charge in [0, 0.05) is 5.92 Å². The molecule has 0 aromatic carbocycles. The van der Waals surface area contributed by atoms with Gasteiger partial charge in [0.1, 0.15) is 0 Å². The lowest BCUT2D eigenvalue weighted by Gasteiger charge is -2.09. The van der Waals surface area contributed by atoms with E-state index in [0.29, 0.717) is 11.7 Å².